The molecular formula is C17H19N5O4. The third-order valence-electron chi connectivity index (χ3n) is 3.98. The maximum Gasteiger partial charge on any atom is 0.325 e. The van der Waals surface area contributed by atoms with E-state index in [1.165, 1.54) is 0 Å². The van der Waals surface area contributed by atoms with Crippen molar-refractivity contribution < 1.29 is 19.1 Å². The number of methoxy groups -OCH3 is 1. The van der Waals surface area contributed by atoms with Crippen molar-refractivity contribution >= 4 is 23.7 Å². The van der Waals surface area contributed by atoms with Gasteiger partial charge in [0.25, 0.3) is 5.91 Å². The van der Waals surface area contributed by atoms with Gasteiger partial charge in [0, 0.05) is 19.3 Å². The van der Waals surface area contributed by atoms with Gasteiger partial charge in [0.1, 0.15) is 11.8 Å². The Morgan fingerprint density at radius 3 is 2.62 bits per heavy atom. The van der Waals surface area contributed by atoms with Gasteiger partial charge in [-0.25, -0.2) is 4.79 Å². The molecule has 2 aromatic rings. The van der Waals surface area contributed by atoms with Crippen molar-refractivity contribution in [1.82, 2.24) is 20.0 Å². The van der Waals surface area contributed by atoms with Gasteiger partial charge < -0.3 is 15.4 Å². The summed E-state index contributed by atoms with van der Waals surface area (Å²) in [5, 5.41) is 9.18. The molecule has 9 heteroatoms. The zero-order valence-electron chi connectivity index (χ0n) is 14.4. The first kappa shape index (κ1) is 17.5. The topological polar surface area (TPSA) is 106 Å². The van der Waals surface area contributed by atoms with Crippen LogP contribution in [0.25, 0.3) is 0 Å². The van der Waals surface area contributed by atoms with Gasteiger partial charge in [0.05, 0.1) is 20.1 Å². The first-order valence-corrected chi connectivity index (χ1v) is 8.00. The molecule has 0 bridgehead atoms. The molecule has 1 fully saturated rings. The Bertz CT molecular complexity index is 830. The van der Waals surface area contributed by atoms with E-state index in [2.05, 4.69) is 15.7 Å². The summed E-state index contributed by atoms with van der Waals surface area (Å²) in [7, 11) is 3.29. The van der Waals surface area contributed by atoms with Crippen molar-refractivity contribution in [3.8, 4) is 5.75 Å². The predicted octanol–water partition coefficient (Wildman–Crippen LogP) is 0.878. The van der Waals surface area contributed by atoms with Crippen LogP contribution in [0, 0.1) is 0 Å². The van der Waals surface area contributed by atoms with Crippen molar-refractivity contribution in [2.75, 3.05) is 12.4 Å². The summed E-state index contributed by atoms with van der Waals surface area (Å²) in [4.78, 5) is 37.7. The average Bonchev–Trinajstić information content (AvgIpc) is 3.13. The lowest BCUT2D eigenvalue weighted by Gasteiger charge is -2.13. The Kier molecular flexibility index (Phi) is 4.87. The third-order valence-corrected chi connectivity index (χ3v) is 3.98. The van der Waals surface area contributed by atoms with Crippen LogP contribution in [0.5, 0.6) is 5.75 Å². The molecule has 1 saturated heterocycles. The lowest BCUT2D eigenvalue weighted by atomic mass is 10.1. The van der Waals surface area contributed by atoms with Crippen LogP contribution in [-0.2, 0) is 23.2 Å². The molecule has 2 N–H and O–H groups in total. The lowest BCUT2D eigenvalue weighted by molar-refractivity contribution is -0.130. The normalized spacial score (nSPS) is 16.5. The van der Waals surface area contributed by atoms with Crippen LogP contribution in [0.15, 0.2) is 36.5 Å². The molecule has 1 aromatic heterocycles. The minimum absolute atomic E-state index is 0.132. The predicted molar refractivity (Wildman–Crippen MR) is 92.3 cm³/mol. The van der Waals surface area contributed by atoms with E-state index in [1.54, 1.807) is 55.4 Å². The molecule has 2 heterocycles. The van der Waals surface area contributed by atoms with Crippen LogP contribution in [0.1, 0.15) is 12.0 Å². The zero-order chi connectivity index (χ0) is 18.7. The molecule has 1 atom stereocenters. The minimum atomic E-state index is -0.885. The number of carbonyl (C=O) groups excluding carboxylic acids is 3. The highest BCUT2D eigenvalue weighted by atomic mass is 16.5. The Labute approximate surface area is 149 Å². The molecule has 0 radical (unpaired) electrons. The highest BCUT2D eigenvalue weighted by Crippen LogP contribution is 2.17. The van der Waals surface area contributed by atoms with E-state index >= 15 is 0 Å². The highest BCUT2D eigenvalue weighted by molar-refractivity contribution is 6.06. The quantitative estimate of drug-likeness (QED) is 0.747. The van der Waals surface area contributed by atoms with Gasteiger partial charge in [-0.1, -0.05) is 12.1 Å². The van der Waals surface area contributed by atoms with Crippen LogP contribution < -0.4 is 15.4 Å². The summed E-state index contributed by atoms with van der Waals surface area (Å²) >= 11 is 0. The van der Waals surface area contributed by atoms with Gasteiger partial charge in [0.15, 0.2) is 5.82 Å². The van der Waals surface area contributed by atoms with Crippen molar-refractivity contribution in [2.24, 2.45) is 7.05 Å². The standard InChI is InChI=1S/C17H19N5O4/c1-21-8-7-14(20-21)19-15(23)9-13-16(24)22(17(25)18-13)10-11-3-5-12(26-2)6-4-11/h3-8,13H,9-10H2,1-2H3,(H,18,25)(H,19,20,23). The van der Waals surface area contributed by atoms with Gasteiger partial charge >= 0.3 is 6.03 Å². The van der Waals surface area contributed by atoms with Crippen LogP contribution in [0.3, 0.4) is 0 Å². The van der Waals surface area contributed by atoms with Gasteiger partial charge in [0.2, 0.25) is 5.91 Å². The first-order valence-electron chi connectivity index (χ1n) is 8.00. The monoisotopic (exact) mass is 357 g/mol. The molecular weight excluding hydrogens is 338 g/mol. The average molecular weight is 357 g/mol. The molecule has 0 saturated carbocycles. The smallest absolute Gasteiger partial charge is 0.325 e. The van der Waals surface area contributed by atoms with Crippen LogP contribution in [0.2, 0.25) is 0 Å². The van der Waals surface area contributed by atoms with E-state index in [0.717, 1.165) is 10.5 Å². The first-order chi connectivity index (χ1) is 12.5. The van der Waals surface area contributed by atoms with E-state index in [9.17, 15) is 14.4 Å². The van der Waals surface area contributed by atoms with Crippen LogP contribution in [0.4, 0.5) is 10.6 Å². The number of hydrogen-bond donors (Lipinski definition) is 2. The lowest BCUT2D eigenvalue weighted by Crippen LogP contribution is -2.34. The van der Waals surface area contributed by atoms with Crippen LogP contribution >= 0.6 is 0 Å². The van der Waals surface area contributed by atoms with Crippen molar-refractivity contribution in [3.05, 3.63) is 42.1 Å². The Morgan fingerprint density at radius 1 is 1.27 bits per heavy atom. The van der Waals surface area contributed by atoms with Gasteiger partial charge in [-0.15, -0.1) is 0 Å². The van der Waals surface area contributed by atoms with E-state index in [0.29, 0.717) is 11.6 Å². The van der Waals surface area contributed by atoms with E-state index in [1.807, 2.05) is 0 Å². The molecule has 1 aliphatic heterocycles. The summed E-state index contributed by atoms with van der Waals surface area (Å²) in [6, 6.07) is 7.31. The second kappa shape index (κ2) is 7.26. The molecule has 9 nitrogen and oxygen atoms in total. The number of aryl methyl sites for hydroxylation is 1. The number of rotatable bonds is 6. The third kappa shape index (κ3) is 3.82. The SMILES string of the molecule is COc1ccc(CN2C(=O)NC(CC(=O)Nc3ccn(C)n3)C2=O)cc1. The number of urea groups is 1. The Hall–Kier alpha value is -3.36. The van der Waals surface area contributed by atoms with Crippen molar-refractivity contribution in [1.29, 1.82) is 0 Å². The number of aromatic nitrogens is 2. The number of nitrogens with one attached hydrogen (secondary N) is 2. The molecule has 1 unspecified atom stereocenters. The maximum atomic E-state index is 12.5. The summed E-state index contributed by atoms with van der Waals surface area (Å²) in [6.45, 7) is 0.132. The fraction of sp³-hybridized carbons (Fsp3) is 0.294. The van der Waals surface area contributed by atoms with Crippen LogP contribution in [-0.4, -0.2) is 45.7 Å². The number of carbonyl (C=O) groups is 3. The number of nitrogens with zero attached hydrogens (tertiary/aromatic N) is 3. The Balaban J connectivity index is 1.59. The zero-order valence-corrected chi connectivity index (χ0v) is 14.4. The molecule has 0 aliphatic carbocycles. The number of amides is 4. The van der Waals surface area contributed by atoms with E-state index < -0.39 is 23.9 Å². The number of ether oxygens (including phenoxy) is 1. The minimum Gasteiger partial charge on any atom is -0.497 e. The summed E-state index contributed by atoms with van der Waals surface area (Å²) in [5.74, 6) is 0.259. The fourth-order valence-corrected chi connectivity index (χ4v) is 2.64. The fourth-order valence-electron chi connectivity index (χ4n) is 2.64. The van der Waals surface area contributed by atoms with E-state index in [-0.39, 0.29) is 13.0 Å². The molecule has 4 amide bonds. The number of benzene rings is 1. The van der Waals surface area contributed by atoms with Gasteiger partial charge in [-0.05, 0) is 17.7 Å². The molecule has 1 aromatic carbocycles. The maximum absolute atomic E-state index is 12.5. The second-order valence-corrected chi connectivity index (χ2v) is 5.90. The summed E-state index contributed by atoms with van der Waals surface area (Å²) < 4.78 is 6.63. The largest absolute Gasteiger partial charge is 0.497 e. The molecule has 26 heavy (non-hydrogen) atoms. The number of anilines is 1. The molecule has 1 aliphatic rings. The van der Waals surface area contributed by atoms with E-state index in [4.69, 9.17) is 4.74 Å². The summed E-state index contributed by atoms with van der Waals surface area (Å²) in [6.07, 6.45) is 1.54. The van der Waals surface area contributed by atoms with Crippen molar-refractivity contribution in [2.45, 2.75) is 19.0 Å². The highest BCUT2D eigenvalue weighted by Gasteiger charge is 2.39. The van der Waals surface area contributed by atoms with Crippen molar-refractivity contribution in [3.63, 3.8) is 0 Å². The second-order valence-electron chi connectivity index (χ2n) is 5.90. The molecule has 0 spiro atoms. The number of imide groups is 1. The van der Waals surface area contributed by atoms with Gasteiger partial charge in [-0.2, -0.15) is 5.10 Å². The summed E-state index contributed by atoms with van der Waals surface area (Å²) in [5.41, 5.74) is 0.785. The number of hydrogen-bond acceptors (Lipinski definition) is 5. The molecule has 3 rings (SSSR count). The molecule has 136 valence electrons. The van der Waals surface area contributed by atoms with Gasteiger partial charge in [-0.3, -0.25) is 19.2 Å². The Morgan fingerprint density at radius 2 is 2.00 bits per heavy atom.